The van der Waals surface area contributed by atoms with Gasteiger partial charge in [-0.1, -0.05) is 6.07 Å². The highest BCUT2D eigenvalue weighted by Gasteiger charge is 2.07. The molecule has 0 fully saturated rings. The molecule has 1 aromatic heterocycles. The van der Waals surface area contributed by atoms with Crippen LogP contribution in [0.3, 0.4) is 0 Å². The number of fused-ring (bicyclic) bond motifs is 1. The predicted octanol–water partition coefficient (Wildman–Crippen LogP) is 3.94. The summed E-state index contributed by atoms with van der Waals surface area (Å²) in [6.45, 7) is 2.00. The van der Waals surface area contributed by atoms with Gasteiger partial charge < -0.3 is 4.42 Å². The Morgan fingerprint density at radius 2 is 1.82 bits per heavy atom. The molecule has 2 nitrogen and oxygen atoms in total. The van der Waals surface area contributed by atoms with Crippen LogP contribution in [-0.2, 0) is 0 Å². The van der Waals surface area contributed by atoms with E-state index >= 15 is 0 Å². The Hall–Kier alpha value is -2.16. The maximum absolute atomic E-state index is 12.8. The van der Waals surface area contributed by atoms with Gasteiger partial charge in [-0.05, 0) is 48.9 Å². The van der Waals surface area contributed by atoms with Gasteiger partial charge in [-0.2, -0.15) is 0 Å². The molecule has 3 aromatic rings. The van der Waals surface area contributed by atoms with E-state index < -0.39 is 0 Å². The van der Waals surface area contributed by atoms with Crippen LogP contribution in [0, 0.1) is 12.7 Å². The van der Waals surface area contributed by atoms with Crippen molar-refractivity contribution in [3.8, 4) is 11.5 Å². The number of nitrogens with zero attached hydrogens (tertiary/aromatic N) is 1. The molecule has 0 N–H and O–H groups in total. The molecule has 3 rings (SSSR count). The van der Waals surface area contributed by atoms with Gasteiger partial charge in [-0.15, -0.1) is 0 Å². The normalized spacial score (nSPS) is 10.9. The molecule has 17 heavy (non-hydrogen) atoms. The van der Waals surface area contributed by atoms with Crippen LogP contribution in [0.1, 0.15) is 5.56 Å². The first-order chi connectivity index (χ1) is 8.22. The van der Waals surface area contributed by atoms with Gasteiger partial charge in [0.1, 0.15) is 11.3 Å². The van der Waals surface area contributed by atoms with Crippen molar-refractivity contribution in [2.45, 2.75) is 6.92 Å². The lowest BCUT2D eigenvalue weighted by Crippen LogP contribution is -1.77. The fraction of sp³-hybridized carbons (Fsp3) is 0.0714. The summed E-state index contributed by atoms with van der Waals surface area (Å²) in [5.41, 5.74) is 3.47. The minimum atomic E-state index is -0.263. The Morgan fingerprint density at radius 1 is 1.06 bits per heavy atom. The fourth-order valence-electron chi connectivity index (χ4n) is 1.75. The van der Waals surface area contributed by atoms with Crippen LogP contribution >= 0.6 is 0 Å². The lowest BCUT2D eigenvalue weighted by Gasteiger charge is -1.93. The molecule has 0 saturated heterocycles. The molecule has 1 heterocycles. The van der Waals surface area contributed by atoms with Crippen LogP contribution in [0.5, 0.6) is 0 Å². The topological polar surface area (TPSA) is 26.0 Å². The van der Waals surface area contributed by atoms with Gasteiger partial charge >= 0.3 is 0 Å². The number of hydrogen-bond acceptors (Lipinski definition) is 2. The van der Waals surface area contributed by atoms with Gasteiger partial charge in [0.05, 0.1) is 0 Å². The summed E-state index contributed by atoms with van der Waals surface area (Å²) in [4.78, 5) is 4.36. The van der Waals surface area contributed by atoms with Crippen LogP contribution in [0.2, 0.25) is 0 Å². The lowest BCUT2D eigenvalue weighted by molar-refractivity contribution is 0.616. The number of oxazole rings is 1. The SMILES string of the molecule is Cc1ccc2nc(-c3ccc(F)cc3)oc2c1. The van der Waals surface area contributed by atoms with Gasteiger partial charge in [0.25, 0.3) is 0 Å². The van der Waals surface area contributed by atoms with Gasteiger partial charge in [0.15, 0.2) is 5.58 Å². The van der Waals surface area contributed by atoms with Crippen LogP contribution in [0.4, 0.5) is 4.39 Å². The maximum Gasteiger partial charge on any atom is 0.227 e. The minimum absolute atomic E-state index is 0.263. The van der Waals surface area contributed by atoms with Gasteiger partial charge in [-0.3, -0.25) is 0 Å². The lowest BCUT2D eigenvalue weighted by atomic mass is 10.2. The summed E-state index contributed by atoms with van der Waals surface area (Å²) in [6.07, 6.45) is 0. The van der Waals surface area contributed by atoms with Gasteiger partial charge in [0, 0.05) is 5.56 Å². The largest absolute Gasteiger partial charge is 0.436 e. The summed E-state index contributed by atoms with van der Waals surface area (Å²) in [6, 6.07) is 12.0. The quantitative estimate of drug-likeness (QED) is 0.629. The molecule has 3 heteroatoms. The highest BCUT2D eigenvalue weighted by Crippen LogP contribution is 2.24. The third-order valence-electron chi connectivity index (χ3n) is 2.64. The van der Waals surface area contributed by atoms with E-state index in [-0.39, 0.29) is 5.82 Å². The minimum Gasteiger partial charge on any atom is -0.436 e. The van der Waals surface area contributed by atoms with E-state index in [2.05, 4.69) is 4.98 Å². The standard InChI is InChI=1S/C14H10FNO/c1-9-2-7-12-13(8-9)17-14(16-12)10-3-5-11(15)6-4-10/h2-8H,1H3. The zero-order valence-corrected chi connectivity index (χ0v) is 9.27. The highest BCUT2D eigenvalue weighted by molar-refractivity contribution is 5.76. The molecule has 0 amide bonds. The van der Waals surface area contributed by atoms with Crippen molar-refractivity contribution < 1.29 is 8.81 Å². The van der Waals surface area contributed by atoms with Crippen molar-refractivity contribution in [1.82, 2.24) is 4.98 Å². The number of rotatable bonds is 1. The Labute approximate surface area is 97.7 Å². The summed E-state index contributed by atoms with van der Waals surface area (Å²) in [5.74, 6) is 0.256. The second-order valence-electron chi connectivity index (χ2n) is 4.00. The predicted molar refractivity (Wildman–Crippen MR) is 64.1 cm³/mol. The first-order valence-corrected chi connectivity index (χ1v) is 5.35. The Bertz CT molecular complexity index is 670. The Morgan fingerprint density at radius 3 is 2.59 bits per heavy atom. The van der Waals surface area contributed by atoms with Crippen molar-refractivity contribution in [3.63, 3.8) is 0 Å². The summed E-state index contributed by atoms with van der Waals surface area (Å²) in [7, 11) is 0. The van der Waals surface area contributed by atoms with Crippen molar-refractivity contribution in [2.75, 3.05) is 0 Å². The van der Waals surface area contributed by atoms with E-state index in [1.54, 1.807) is 12.1 Å². The van der Waals surface area contributed by atoms with Gasteiger partial charge in [-0.25, -0.2) is 9.37 Å². The van der Waals surface area contributed by atoms with Crippen LogP contribution in [0.15, 0.2) is 46.9 Å². The molecule has 0 aliphatic rings. The molecular weight excluding hydrogens is 217 g/mol. The molecule has 2 aromatic carbocycles. The van der Waals surface area contributed by atoms with Crippen molar-refractivity contribution >= 4 is 11.1 Å². The second-order valence-corrected chi connectivity index (χ2v) is 4.00. The Balaban J connectivity index is 2.14. The van der Waals surface area contributed by atoms with E-state index in [0.717, 1.165) is 22.2 Å². The second kappa shape index (κ2) is 3.70. The zero-order valence-electron chi connectivity index (χ0n) is 9.27. The average molecular weight is 227 g/mol. The summed E-state index contributed by atoms with van der Waals surface area (Å²) in [5, 5.41) is 0. The van der Waals surface area contributed by atoms with Crippen molar-refractivity contribution in [2.24, 2.45) is 0 Å². The molecule has 0 radical (unpaired) electrons. The van der Waals surface area contributed by atoms with E-state index in [1.807, 2.05) is 25.1 Å². The molecule has 0 unspecified atom stereocenters. The van der Waals surface area contributed by atoms with Crippen LogP contribution < -0.4 is 0 Å². The third kappa shape index (κ3) is 1.80. The Kier molecular flexibility index (Phi) is 2.18. The van der Waals surface area contributed by atoms with Gasteiger partial charge in [0.2, 0.25) is 5.89 Å². The van der Waals surface area contributed by atoms with E-state index in [9.17, 15) is 4.39 Å². The molecular formula is C14H10FNO. The summed E-state index contributed by atoms with van der Waals surface area (Å²) >= 11 is 0. The first kappa shape index (κ1) is 10.0. The molecule has 84 valence electrons. The van der Waals surface area contributed by atoms with E-state index in [1.165, 1.54) is 12.1 Å². The summed E-state index contributed by atoms with van der Waals surface area (Å²) < 4.78 is 18.5. The third-order valence-corrected chi connectivity index (χ3v) is 2.64. The molecule has 0 aliphatic carbocycles. The maximum atomic E-state index is 12.8. The number of halogens is 1. The van der Waals surface area contributed by atoms with E-state index in [0.29, 0.717) is 5.89 Å². The molecule has 0 aliphatic heterocycles. The first-order valence-electron chi connectivity index (χ1n) is 5.35. The number of hydrogen-bond donors (Lipinski definition) is 0. The highest BCUT2D eigenvalue weighted by atomic mass is 19.1. The molecule has 0 saturated carbocycles. The van der Waals surface area contributed by atoms with Crippen molar-refractivity contribution in [1.29, 1.82) is 0 Å². The molecule has 0 atom stereocenters. The average Bonchev–Trinajstić information content (AvgIpc) is 2.72. The fourth-order valence-corrected chi connectivity index (χ4v) is 1.75. The van der Waals surface area contributed by atoms with E-state index in [4.69, 9.17) is 4.42 Å². The number of benzene rings is 2. The molecule has 0 spiro atoms. The van der Waals surface area contributed by atoms with Crippen molar-refractivity contribution in [3.05, 3.63) is 53.8 Å². The van der Waals surface area contributed by atoms with Crippen LogP contribution in [0.25, 0.3) is 22.6 Å². The zero-order chi connectivity index (χ0) is 11.8. The van der Waals surface area contributed by atoms with Crippen LogP contribution in [-0.4, -0.2) is 4.98 Å². The molecule has 0 bridgehead atoms. The number of aryl methyl sites for hydroxylation is 1. The number of aromatic nitrogens is 1. The monoisotopic (exact) mass is 227 g/mol. The smallest absolute Gasteiger partial charge is 0.227 e.